The summed E-state index contributed by atoms with van der Waals surface area (Å²) in [6, 6.07) is 23.8. The van der Waals surface area contributed by atoms with Crippen LogP contribution in [0.2, 0.25) is 0 Å². The molecule has 0 fully saturated rings. The summed E-state index contributed by atoms with van der Waals surface area (Å²) in [4.78, 5) is 15.5. The largest absolute Gasteiger partial charge is 0.377 e. The van der Waals surface area contributed by atoms with Crippen molar-refractivity contribution in [3.05, 3.63) is 94.0 Å². The molecule has 0 unspecified atom stereocenters. The van der Waals surface area contributed by atoms with Gasteiger partial charge in [-0.25, -0.2) is 5.43 Å². The summed E-state index contributed by atoms with van der Waals surface area (Å²) in [7, 11) is 3.97. The van der Waals surface area contributed by atoms with Crippen LogP contribution in [0.3, 0.4) is 0 Å². The van der Waals surface area contributed by atoms with E-state index in [0.717, 1.165) is 21.5 Å². The minimum atomic E-state index is -0.229. The van der Waals surface area contributed by atoms with Crippen LogP contribution in [0, 0.1) is 0 Å². The number of carbonyl (C=O) groups excluding carboxylic acids is 1. The van der Waals surface area contributed by atoms with E-state index in [1.165, 1.54) is 10.5 Å². The van der Waals surface area contributed by atoms with Gasteiger partial charge in [-0.1, -0.05) is 36.4 Å². The molecule has 0 aromatic heterocycles. The summed E-state index contributed by atoms with van der Waals surface area (Å²) in [5.41, 5.74) is 6.31. The van der Waals surface area contributed by atoms with E-state index in [1.807, 2.05) is 79.7 Å². The maximum Gasteiger partial charge on any atom is 0.271 e. The van der Waals surface area contributed by atoms with E-state index in [2.05, 4.69) is 38.6 Å². The van der Waals surface area contributed by atoms with Crippen LogP contribution in [0.25, 0.3) is 0 Å². The lowest BCUT2D eigenvalue weighted by Crippen LogP contribution is -2.17. The highest BCUT2D eigenvalue weighted by Crippen LogP contribution is 2.25. The molecule has 0 aliphatic rings. The van der Waals surface area contributed by atoms with Gasteiger partial charge in [-0.05, 0) is 63.5 Å². The van der Waals surface area contributed by atoms with Gasteiger partial charge in [0.15, 0.2) is 0 Å². The zero-order valence-corrected chi connectivity index (χ0v) is 18.7. The Balaban J connectivity index is 1.54. The normalized spacial score (nSPS) is 10.9. The van der Waals surface area contributed by atoms with Crippen molar-refractivity contribution in [3.63, 3.8) is 0 Å². The van der Waals surface area contributed by atoms with E-state index in [-0.39, 0.29) is 5.91 Å². The third-order valence-electron chi connectivity index (χ3n) is 4.20. The molecular formula is C23H22BrN3OS. The standard InChI is InChI=1S/C23H22BrN3OS/c1-27(2)22-13-10-18(14-21(22)24)15-25-26-23(28)19-11-8-17(9-12-19)16-29-20-6-4-3-5-7-20/h3-15H,16H2,1-2H3,(H,26,28)/b25-15-. The molecule has 0 radical (unpaired) electrons. The van der Waals surface area contributed by atoms with E-state index in [0.29, 0.717) is 5.56 Å². The second kappa shape index (κ2) is 10.3. The van der Waals surface area contributed by atoms with Crippen molar-refractivity contribution < 1.29 is 4.79 Å². The van der Waals surface area contributed by atoms with Crippen LogP contribution in [0.5, 0.6) is 0 Å². The third kappa shape index (κ3) is 6.21. The molecular weight excluding hydrogens is 446 g/mol. The lowest BCUT2D eigenvalue weighted by atomic mass is 10.1. The predicted molar refractivity (Wildman–Crippen MR) is 126 cm³/mol. The highest BCUT2D eigenvalue weighted by molar-refractivity contribution is 9.10. The maximum absolute atomic E-state index is 12.3. The number of benzene rings is 3. The predicted octanol–water partition coefficient (Wildman–Crippen LogP) is 5.57. The first-order valence-corrected chi connectivity index (χ1v) is 10.9. The topological polar surface area (TPSA) is 44.7 Å². The van der Waals surface area contributed by atoms with Gasteiger partial charge >= 0.3 is 0 Å². The highest BCUT2D eigenvalue weighted by Gasteiger charge is 2.05. The van der Waals surface area contributed by atoms with E-state index >= 15 is 0 Å². The quantitative estimate of drug-likeness (QED) is 0.280. The summed E-state index contributed by atoms with van der Waals surface area (Å²) in [5, 5.41) is 4.07. The number of nitrogens with zero attached hydrogens (tertiary/aromatic N) is 2. The van der Waals surface area contributed by atoms with Crippen LogP contribution in [0.15, 0.2) is 87.3 Å². The fourth-order valence-electron chi connectivity index (χ4n) is 2.63. The Kier molecular flexibility index (Phi) is 7.49. The molecule has 0 aliphatic heterocycles. The molecule has 4 nitrogen and oxygen atoms in total. The van der Waals surface area contributed by atoms with Crippen molar-refractivity contribution >= 4 is 45.5 Å². The molecule has 1 amide bonds. The van der Waals surface area contributed by atoms with Crippen molar-refractivity contribution in [2.75, 3.05) is 19.0 Å². The average Bonchev–Trinajstić information content (AvgIpc) is 2.73. The Morgan fingerprint density at radius 3 is 2.45 bits per heavy atom. The molecule has 0 atom stereocenters. The van der Waals surface area contributed by atoms with Crippen LogP contribution in [-0.4, -0.2) is 26.2 Å². The third-order valence-corrected chi connectivity index (χ3v) is 5.92. The molecule has 3 aromatic rings. The second-order valence-corrected chi connectivity index (χ2v) is 8.51. The summed E-state index contributed by atoms with van der Waals surface area (Å²) in [6.45, 7) is 0. The van der Waals surface area contributed by atoms with Crippen molar-refractivity contribution in [1.82, 2.24) is 5.43 Å². The molecule has 29 heavy (non-hydrogen) atoms. The Morgan fingerprint density at radius 2 is 1.79 bits per heavy atom. The lowest BCUT2D eigenvalue weighted by Gasteiger charge is -2.14. The first-order chi connectivity index (χ1) is 14.0. The molecule has 6 heteroatoms. The second-order valence-electron chi connectivity index (χ2n) is 6.60. The smallest absolute Gasteiger partial charge is 0.271 e. The monoisotopic (exact) mass is 467 g/mol. The van der Waals surface area contributed by atoms with Gasteiger partial charge in [0.25, 0.3) is 5.91 Å². The number of hydrogen-bond donors (Lipinski definition) is 1. The highest BCUT2D eigenvalue weighted by atomic mass is 79.9. The van der Waals surface area contributed by atoms with Crippen molar-refractivity contribution in [3.8, 4) is 0 Å². The zero-order chi connectivity index (χ0) is 20.6. The SMILES string of the molecule is CN(C)c1ccc(/C=N\NC(=O)c2ccc(CSc3ccccc3)cc2)cc1Br. The Morgan fingerprint density at radius 1 is 1.07 bits per heavy atom. The molecule has 0 saturated carbocycles. The molecule has 0 bridgehead atoms. The first-order valence-electron chi connectivity index (χ1n) is 9.10. The van der Waals surface area contributed by atoms with E-state index < -0.39 is 0 Å². The molecule has 148 valence electrons. The number of hydrazone groups is 1. The number of amides is 1. The summed E-state index contributed by atoms with van der Waals surface area (Å²) < 4.78 is 0.974. The molecule has 0 heterocycles. The van der Waals surface area contributed by atoms with Gasteiger partial charge in [0.05, 0.1) is 11.9 Å². The number of carbonyl (C=O) groups is 1. The maximum atomic E-state index is 12.3. The molecule has 0 spiro atoms. The molecule has 0 aliphatic carbocycles. The number of thioether (sulfide) groups is 1. The number of hydrogen-bond acceptors (Lipinski definition) is 4. The molecule has 1 N–H and O–H groups in total. The first kappa shape index (κ1) is 21.1. The molecule has 3 aromatic carbocycles. The zero-order valence-electron chi connectivity index (χ0n) is 16.3. The van der Waals surface area contributed by atoms with Crippen LogP contribution < -0.4 is 10.3 Å². The minimum Gasteiger partial charge on any atom is -0.377 e. The number of anilines is 1. The van der Waals surface area contributed by atoms with Crippen LogP contribution in [-0.2, 0) is 5.75 Å². The van der Waals surface area contributed by atoms with E-state index in [4.69, 9.17) is 0 Å². The van der Waals surface area contributed by atoms with E-state index in [1.54, 1.807) is 18.0 Å². The van der Waals surface area contributed by atoms with Gasteiger partial charge in [0.1, 0.15) is 0 Å². The van der Waals surface area contributed by atoms with Gasteiger partial charge in [0.2, 0.25) is 0 Å². The van der Waals surface area contributed by atoms with Crippen molar-refractivity contribution in [2.24, 2.45) is 5.10 Å². The van der Waals surface area contributed by atoms with Crippen LogP contribution in [0.1, 0.15) is 21.5 Å². The summed E-state index contributed by atoms with van der Waals surface area (Å²) in [6.07, 6.45) is 1.63. The Hall–Kier alpha value is -2.57. The number of nitrogens with one attached hydrogen (secondary N) is 1. The molecule has 3 rings (SSSR count). The minimum absolute atomic E-state index is 0.229. The van der Waals surface area contributed by atoms with Crippen LogP contribution in [0.4, 0.5) is 5.69 Å². The van der Waals surface area contributed by atoms with Gasteiger partial charge in [-0.3, -0.25) is 4.79 Å². The van der Waals surface area contributed by atoms with Gasteiger partial charge < -0.3 is 4.90 Å². The van der Waals surface area contributed by atoms with Crippen molar-refractivity contribution in [2.45, 2.75) is 10.6 Å². The summed E-state index contributed by atoms with van der Waals surface area (Å²) in [5.74, 6) is 0.634. The fourth-order valence-corrected chi connectivity index (χ4v) is 4.26. The van der Waals surface area contributed by atoms with Gasteiger partial charge in [0, 0.05) is 34.8 Å². The average molecular weight is 468 g/mol. The summed E-state index contributed by atoms with van der Waals surface area (Å²) >= 11 is 5.32. The van der Waals surface area contributed by atoms with Gasteiger partial charge in [-0.15, -0.1) is 11.8 Å². The van der Waals surface area contributed by atoms with Crippen LogP contribution >= 0.6 is 27.7 Å². The number of rotatable bonds is 7. The number of halogens is 1. The van der Waals surface area contributed by atoms with Gasteiger partial charge in [-0.2, -0.15) is 5.10 Å². The van der Waals surface area contributed by atoms with Crippen molar-refractivity contribution in [1.29, 1.82) is 0 Å². The van der Waals surface area contributed by atoms with E-state index in [9.17, 15) is 4.79 Å². The molecule has 0 saturated heterocycles. The lowest BCUT2D eigenvalue weighted by molar-refractivity contribution is 0.0955. The fraction of sp³-hybridized carbons (Fsp3) is 0.130. The Labute approximate surface area is 184 Å². The Bertz CT molecular complexity index is 989.